The minimum Gasteiger partial charge on any atom is -0.399 e. The number of hydrogen-bond acceptors (Lipinski definition) is 1. The van der Waals surface area contributed by atoms with Gasteiger partial charge in [-0.15, -0.1) is 0 Å². The van der Waals surface area contributed by atoms with Gasteiger partial charge < -0.3 is 5.73 Å². The Morgan fingerprint density at radius 3 is 2.07 bits per heavy atom. The van der Waals surface area contributed by atoms with E-state index in [0.717, 1.165) is 11.1 Å². The van der Waals surface area contributed by atoms with Crippen molar-refractivity contribution in [2.45, 2.75) is 13.8 Å². The number of nitrogens with two attached hydrogens (primary N) is 1. The summed E-state index contributed by atoms with van der Waals surface area (Å²) in [7, 11) is 0. The van der Waals surface area contributed by atoms with Crippen LogP contribution in [0.3, 0.4) is 0 Å². The fraction of sp³-hybridized carbons (Fsp3) is 0.143. The summed E-state index contributed by atoms with van der Waals surface area (Å²) in [4.78, 5) is 0. The average Bonchev–Trinajstić information content (AvgIpc) is 2.21. The van der Waals surface area contributed by atoms with E-state index in [-0.39, 0.29) is 0 Å². The lowest BCUT2D eigenvalue weighted by atomic mass is 10.1. The summed E-state index contributed by atoms with van der Waals surface area (Å²) in [5, 5.41) is 0. The summed E-state index contributed by atoms with van der Waals surface area (Å²) < 4.78 is 0. The topological polar surface area (TPSA) is 26.0 Å². The molecule has 0 aromatic rings. The van der Waals surface area contributed by atoms with Gasteiger partial charge in [-0.3, -0.25) is 0 Å². The molecule has 0 aromatic carbocycles. The van der Waals surface area contributed by atoms with Crippen LogP contribution >= 0.6 is 0 Å². The standard InChI is InChI=1S/C14H19N/c1-5-8-13(6-2)9-10-14(7-3)11-12(4)15/h5-11H,3-4,15H2,1-2H3/b8-5-,10-9+,13-6+,14-11+. The van der Waals surface area contributed by atoms with E-state index in [1.807, 2.05) is 44.2 Å². The van der Waals surface area contributed by atoms with Crippen LogP contribution in [0.4, 0.5) is 0 Å². The molecule has 0 unspecified atom stereocenters. The van der Waals surface area contributed by atoms with E-state index in [2.05, 4.69) is 13.2 Å². The van der Waals surface area contributed by atoms with Crippen molar-refractivity contribution in [3.8, 4) is 0 Å². The SMILES string of the molecule is C=CC(/C=C/C(/C=C\C)=C/C)=C\C(=C)N. The second-order valence-electron chi connectivity index (χ2n) is 3.05. The molecule has 0 heterocycles. The molecule has 0 aliphatic carbocycles. The van der Waals surface area contributed by atoms with Gasteiger partial charge in [-0.25, -0.2) is 0 Å². The Labute approximate surface area is 92.7 Å². The third-order valence-electron chi connectivity index (χ3n) is 1.75. The van der Waals surface area contributed by atoms with E-state index in [4.69, 9.17) is 5.73 Å². The highest BCUT2D eigenvalue weighted by molar-refractivity contribution is 5.40. The van der Waals surface area contributed by atoms with Gasteiger partial charge in [0.25, 0.3) is 0 Å². The zero-order valence-corrected chi connectivity index (χ0v) is 9.53. The van der Waals surface area contributed by atoms with Crippen LogP contribution in [0.5, 0.6) is 0 Å². The van der Waals surface area contributed by atoms with Crippen molar-refractivity contribution in [3.63, 3.8) is 0 Å². The van der Waals surface area contributed by atoms with Crippen LogP contribution in [-0.4, -0.2) is 0 Å². The molecule has 0 rings (SSSR count). The van der Waals surface area contributed by atoms with Gasteiger partial charge in [-0.2, -0.15) is 0 Å². The molecular formula is C14H19N. The molecule has 0 radical (unpaired) electrons. The van der Waals surface area contributed by atoms with Crippen molar-refractivity contribution in [1.29, 1.82) is 0 Å². The molecule has 1 heteroatoms. The molecule has 1 nitrogen and oxygen atoms in total. The maximum atomic E-state index is 5.49. The highest BCUT2D eigenvalue weighted by Gasteiger charge is 1.87. The zero-order valence-electron chi connectivity index (χ0n) is 9.53. The lowest BCUT2D eigenvalue weighted by molar-refractivity contribution is 1.43. The minimum atomic E-state index is 0.530. The predicted molar refractivity (Wildman–Crippen MR) is 69.3 cm³/mol. The molecule has 0 amide bonds. The van der Waals surface area contributed by atoms with Crippen molar-refractivity contribution in [2.75, 3.05) is 0 Å². The average molecular weight is 201 g/mol. The molecule has 0 saturated carbocycles. The second-order valence-corrected chi connectivity index (χ2v) is 3.05. The number of rotatable bonds is 5. The van der Waals surface area contributed by atoms with Gasteiger partial charge in [-0.1, -0.05) is 49.6 Å². The molecule has 80 valence electrons. The number of allylic oxidation sites excluding steroid dienone is 9. The Balaban J connectivity index is 4.75. The monoisotopic (exact) mass is 201 g/mol. The van der Waals surface area contributed by atoms with E-state index in [1.54, 1.807) is 12.2 Å². The summed E-state index contributed by atoms with van der Waals surface area (Å²) >= 11 is 0. The maximum absolute atomic E-state index is 5.49. The van der Waals surface area contributed by atoms with Crippen molar-refractivity contribution in [1.82, 2.24) is 0 Å². The van der Waals surface area contributed by atoms with E-state index in [1.165, 1.54) is 0 Å². The first-order valence-corrected chi connectivity index (χ1v) is 4.89. The third-order valence-corrected chi connectivity index (χ3v) is 1.75. The van der Waals surface area contributed by atoms with E-state index < -0.39 is 0 Å². The highest BCUT2D eigenvalue weighted by atomic mass is 14.5. The van der Waals surface area contributed by atoms with Gasteiger partial charge in [0.15, 0.2) is 0 Å². The van der Waals surface area contributed by atoms with Crippen molar-refractivity contribution >= 4 is 0 Å². The Morgan fingerprint density at radius 1 is 1.07 bits per heavy atom. The lowest BCUT2D eigenvalue weighted by Crippen LogP contribution is -1.90. The van der Waals surface area contributed by atoms with Gasteiger partial charge in [0.1, 0.15) is 0 Å². The predicted octanol–water partition coefficient (Wildman–Crippen LogP) is 3.65. The smallest absolute Gasteiger partial charge is 0.0246 e. The summed E-state index contributed by atoms with van der Waals surface area (Å²) in [6.07, 6.45) is 13.6. The summed E-state index contributed by atoms with van der Waals surface area (Å²) in [5.74, 6) is 0. The van der Waals surface area contributed by atoms with Crippen LogP contribution in [0, 0.1) is 0 Å². The van der Waals surface area contributed by atoms with E-state index in [0.29, 0.717) is 5.70 Å². The van der Waals surface area contributed by atoms with Gasteiger partial charge >= 0.3 is 0 Å². The molecule has 2 N–H and O–H groups in total. The molecule has 0 aliphatic heterocycles. The quantitative estimate of drug-likeness (QED) is 0.675. The maximum Gasteiger partial charge on any atom is 0.0246 e. The van der Waals surface area contributed by atoms with Gasteiger partial charge in [0.05, 0.1) is 0 Å². The Hall–Kier alpha value is -1.76. The number of hydrogen-bond donors (Lipinski definition) is 1. The molecule has 0 aliphatic rings. The molecule has 0 aromatic heterocycles. The molecule has 0 spiro atoms. The largest absolute Gasteiger partial charge is 0.399 e. The van der Waals surface area contributed by atoms with Crippen LogP contribution in [0.2, 0.25) is 0 Å². The Kier molecular flexibility index (Phi) is 6.73. The van der Waals surface area contributed by atoms with E-state index in [9.17, 15) is 0 Å². The lowest BCUT2D eigenvalue weighted by Gasteiger charge is -1.95. The zero-order chi connectivity index (χ0) is 11.7. The molecule has 0 atom stereocenters. The summed E-state index contributed by atoms with van der Waals surface area (Å²) in [6, 6.07) is 0. The van der Waals surface area contributed by atoms with E-state index >= 15 is 0 Å². The summed E-state index contributed by atoms with van der Waals surface area (Å²) in [5.41, 5.74) is 8.11. The third kappa shape index (κ3) is 6.33. The van der Waals surface area contributed by atoms with Gasteiger partial charge in [0.2, 0.25) is 0 Å². The first-order valence-electron chi connectivity index (χ1n) is 4.89. The van der Waals surface area contributed by atoms with Crippen LogP contribution in [0.25, 0.3) is 0 Å². The molecule has 15 heavy (non-hydrogen) atoms. The van der Waals surface area contributed by atoms with Gasteiger partial charge in [-0.05, 0) is 31.1 Å². The van der Waals surface area contributed by atoms with Crippen LogP contribution in [0.1, 0.15) is 13.8 Å². The first kappa shape index (κ1) is 13.2. The molecule has 0 fully saturated rings. The Morgan fingerprint density at radius 2 is 1.67 bits per heavy atom. The summed E-state index contributed by atoms with van der Waals surface area (Å²) in [6.45, 7) is 11.3. The molecular weight excluding hydrogens is 182 g/mol. The first-order chi connectivity index (χ1) is 7.13. The molecule has 0 saturated heterocycles. The molecule has 0 bridgehead atoms. The van der Waals surface area contributed by atoms with Crippen LogP contribution in [0.15, 0.2) is 72.5 Å². The fourth-order valence-electron chi connectivity index (χ4n) is 1.02. The van der Waals surface area contributed by atoms with Gasteiger partial charge in [0, 0.05) is 5.70 Å². The van der Waals surface area contributed by atoms with Crippen LogP contribution in [-0.2, 0) is 0 Å². The van der Waals surface area contributed by atoms with Crippen molar-refractivity contribution < 1.29 is 0 Å². The fourth-order valence-corrected chi connectivity index (χ4v) is 1.02. The second kappa shape index (κ2) is 7.63. The Bertz CT molecular complexity index is 338. The van der Waals surface area contributed by atoms with Crippen molar-refractivity contribution in [2.24, 2.45) is 5.73 Å². The highest BCUT2D eigenvalue weighted by Crippen LogP contribution is 2.05. The van der Waals surface area contributed by atoms with Crippen molar-refractivity contribution in [3.05, 3.63) is 72.5 Å². The normalized spacial score (nSPS) is 13.7. The van der Waals surface area contributed by atoms with Crippen LogP contribution < -0.4 is 5.73 Å². The minimum absolute atomic E-state index is 0.530.